The molecule has 0 bridgehead atoms. The molecular weight excluding hydrogens is 184 g/mol. The summed E-state index contributed by atoms with van der Waals surface area (Å²) in [6, 6.07) is 0. The summed E-state index contributed by atoms with van der Waals surface area (Å²) < 4.78 is 0. The van der Waals surface area contributed by atoms with Crippen LogP contribution in [-0.2, 0) is 0 Å². The van der Waals surface area contributed by atoms with E-state index in [4.69, 9.17) is 0 Å². The van der Waals surface area contributed by atoms with Gasteiger partial charge in [-0.2, -0.15) is 0 Å². The monoisotopic (exact) mass is 212 g/mol. The fourth-order valence-electron chi connectivity index (χ4n) is 2.05. The highest BCUT2D eigenvalue weighted by molar-refractivity contribution is 4.72. The van der Waals surface area contributed by atoms with Gasteiger partial charge in [0.05, 0.1) is 0 Å². The van der Waals surface area contributed by atoms with Crippen molar-refractivity contribution in [1.82, 2.24) is 10.2 Å². The summed E-state index contributed by atoms with van der Waals surface area (Å²) in [6.45, 7) is 14.1. The van der Waals surface area contributed by atoms with Crippen LogP contribution in [0.1, 0.15) is 47.0 Å². The van der Waals surface area contributed by atoms with Crippen molar-refractivity contribution in [3.05, 3.63) is 0 Å². The number of rotatable bonds is 4. The van der Waals surface area contributed by atoms with Crippen molar-refractivity contribution in [3.8, 4) is 0 Å². The molecule has 2 heteroatoms. The second-order valence-corrected chi connectivity index (χ2v) is 6.05. The molecule has 1 saturated heterocycles. The Morgan fingerprint density at radius 2 is 1.80 bits per heavy atom. The Bertz CT molecular complexity index is 164. The normalized spacial score (nSPS) is 20.8. The predicted octanol–water partition coefficient (Wildman–Crippen LogP) is 2.50. The molecule has 1 heterocycles. The lowest BCUT2D eigenvalue weighted by atomic mass is 9.99. The number of hydrogen-bond donors (Lipinski definition) is 1. The van der Waals surface area contributed by atoms with E-state index in [1.54, 1.807) is 0 Å². The van der Waals surface area contributed by atoms with Crippen molar-refractivity contribution in [3.63, 3.8) is 0 Å². The molecule has 15 heavy (non-hydrogen) atoms. The molecule has 0 spiro atoms. The van der Waals surface area contributed by atoms with Gasteiger partial charge in [0.1, 0.15) is 0 Å². The predicted molar refractivity (Wildman–Crippen MR) is 67.2 cm³/mol. The molecule has 1 aliphatic rings. The minimum Gasteiger partial charge on any atom is -0.312 e. The summed E-state index contributed by atoms with van der Waals surface area (Å²) >= 11 is 0. The maximum Gasteiger partial charge on any atom is 0.00965 e. The Kier molecular flexibility index (Phi) is 5.07. The van der Waals surface area contributed by atoms with E-state index in [2.05, 4.69) is 37.9 Å². The van der Waals surface area contributed by atoms with Crippen LogP contribution >= 0.6 is 0 Å². The first-order chi connectivity index (χ1) is 6.97. The van der Waals surface area contributed by atoms with Gasteiger partial charge in [0.2, 0.25) is 0 Å². The fraction of sp³-hybridized carbons (Fsp3) is 1.00. The van der Waals surface area contributed by atoms with Gasteiger partial charge in [0, 0.05) is 5.54 Å². The van der Waals surface area contributed by atoms with Crippen LogP contribution in [-0.4, -0.2) is 36.6 Å². The standard InChI is InChI=1S/C13H28N2/c1-12-6-10-15(11-7-12)9-5-8-14-13(2,3)4/h12,14H,5-11H2,1-4H3. The smallest absolute Gasteiger partial charge is 0.00965 e. The average molecular weight is 212 g/mol. The molecule has 1 N–H and O–H groups in total. The lowest BCUT2D eigenvalue weighted by Crippen LogP contribution is -2.39. The minimum absolute atomic E-state index is 0.274. The second kappa shape index (κ2) is 5.86. The lowest BCUT2D eigenvalue weighted by molar-refractivity contribution is 0.189. The Balaban J connectivity index is 2.01. The molecule has 0 aromatic carbocycles. The van der Waals surface area contributed by atoms with Gasteiger partial charge in [-0.25, -0.2) is 0 Å². The van der Waals surface area contributed by atoms with E-state index >= 15 is 0 Å². The molecule has 1 fully saturated rings. The van der Waals surface area contributed by atoms with Crippen LogP contribution in [0.15, 0.2) is 0 Å². The van der Waals surface area contributed by atoms with Crippen molar-refractivity contribution in [2.45, 2.75) is 52.5 Å². The lowest BCUT2D eigenvalue weighted by Gasteiger charge is -2.30. The van der Waals surface area contributed by atoms with E-state index in [1.165, 1.54) is 38.9 Å². The van der Waals surface area contributed by atoms with Gasteiger partial charge in [-0.15, -0.1) is 0 Å². The molecule has 0 amide bonds. The Morgan fingerprint density at radius 1 is 1.20 bits per heavy atom. The quantitative estimate of drug-likeness (QED) is 0.720. The van der Waals surface area contributed by atoms with Crippen molar-refractivity contribution in [2.24, 2.45) is 5.92 Å². The zero-order valence-corrected chi connectivity index (χ0v) is 11.0. The largest absolute Gasteiger partial charge is 0.312 e. The van der Waals surface area contributed by atoms with Crippen molar-refractivity contribution in [2.75, 3.05) is 26.2 Å². The van der Waals surface area contributed by atoms with Crippen LogP contribution in [0, 0.1) is 5.92 Å². The first-order valence-electron chi connectivity index (χ1n) is 6.45. The molecule has 0 saturated carbocycles. The molecule has 0 aliphatic carbocycles. The number of hydrogen-bond acceptors (Lipinski definition) is 2. The molecule has 0 aromatic heterocycles. The first-order valence-corrected chi connectivity index (χ1v) is 6.45. The summed E-state index contributed by atoms with van der Waals surface area (Å²) in [6.07, 6.45) is 4.07. The van der Waals surface area contributed by atoms with Gasteiger partial charge in [-0.1, -0.05) is 6.92 Å². The summed E-state index contributed by atoms with van der Waals surface area (Å²) in [4.78, 5) is 2.62. The first kappa shape index (κ1) is 13.0. The van der Waals surface area contributed by atoms with E-state index in [0.29, 0.717) is 0 Å². The third-order valence-electron chi connectivity index (χ3n) is 3.18. The van der Waals surface area contributed by atoms with Crippen molar-refractivity contribution >= 4 is 0 Å². The maximum atomic E-state index is 3.54. The summed E-state index contributed by atoms with van der Waals surface area (Å²) in [7, 11) is 0. The molecule has 90 valence electrons. The molecule has 0 atom stereocenters. The van der Waals surface area contributed by atoms with E-state index in [0.717, 1.165) is 12.5 Å². The van der Waals surface area contributed by atoms with E-state index < -0.39 is 0 Å². The molecule has 1 rings (SSSR count). The van der Waals surface area contributed by atoms with Gasteiger partial charge in [0.25, 0.3) is 0 Å². The highest BCUT2D eigenvalue weighted by Gasteiger charge is 2.15. The van der Waals surface area contributed by atoms with Crippen LogP contribution in [0.4, 0.5) is 0 Å². The van der Waals surface area contributed by atoms with Crippen LogP contribution in [0.25, 0.3) is 0 Å². The Hall–Kier alpha value is -0.0800. The van der Waals surface area contributed by atoms with Crippen molar-refractivity contribution in [1.29, 1.82) is 0 Å². The topological polar surface area (TPSA) is 15.3 Å². The molecule has 1 aliphatic heterocycles. The van der Waals surface area contributed by atoms with Gasteiger partial charge in [0.15, 0.2) is 0 Å². The summed E-state index contributed by atoms with van der Waals surface area (Å²) in [5.41, 5.74) is 0.274. The van der Waals surface area contributed by atoms with Gasteiger partial charge in [-0.05, 0) is 72.1 Å². The van der Waals surface area contributed by atoms with Gasteiger partial charge < -0.3 is 10.2 Å². The highest BCUT2D eigenvalue weighted by Crippen LogP contribution is 2.15. The Labute approximate surface area is 95.4 Å². The average Bonchev–Trinajstić information content (AvgIpc) is 2.14. The molecule has 0 aromatic rings. The number of nitrogens with zero attached hydrogens (tertiary/aromatic N) is 1. The maximum absolute atomic E-state index is 3.54. The van der Waals surface area contributed by atoms with Crippen molar-refractivity contribution < 1.29 is 0 Å². The van der Waals surface area contributed by atoms with E-state index in [1.807, 2.05) is 0 Å². The zero-order valence-electron chi connectivity index (χ0n) is 11.0. The Morgan fingerprint density at radius 3 is 2.33 bits per heavy atom. The van der Waals surface area contributed by atoms with Crippen LogP contribution in [0.3, 0.4) is 0 Å². The highest BCUT2D eigenvalue weighted by atomic mass is 15.1. The van der Waals surface area contributed by atoms with Crippen LogP contribution < -0.4 is 5.32 Å². The number of nitrogens with one attached hydrogen (secondary N) is 1. The molecule has 0 unspecified atom stereocenters. The van der Waals surface area contributed by atoms with Gasteiger partial charge >= 0.3 is 0 Å². The fourth-order valence-corrected chi connectivity index (χ4v) is 2.05. The third-order valence-corrected chi connectivity index (χ3v) is 3.18. The third kappa shape index (κ3) is 6.16. The molecule has 2 nitrogen and oxygen atoms in total. The molecule has 0 radical (unpaired) electrons. The zero-order chi connectivity index (χ0) is 11.3. The van der Waals surface area contributed by atoms with Crippen LogP contribution in [0.2, 0.25) is 0 Å². The van der Waals surface area contributed by atoms with Gasteiger partial charge in [-0.3, -0.25) is 0 Å². The van der Waals surface area contributed by atoms with E-state index in [9.17, 15) is 0 Å². The van der Waals surface area contributed by atoms with Crippen LogP contribution in [0.5, 0.6) is 0 Å². The number of piperidine rings is 1. The van der Waals surface area contributed by atoms with E-state index in [-0.39, 0.29) is 5.54 Å². The molecular formula is C13H28N2. The summed E-state index contributed by atoms with van der Waals surface area (Å²) in [5.74, 6) is 0.953. The SMILES string of the molecule is CC1CCN(CCCNC(C)(C)C)CC1. The number of likely N-dealkylation sites (tertiary alicyclic amines) is 1. The summed E-state index contributed by atoms with van der Waals surface area (Å²) in [5, 5.41) is 3.54. The second-order valence-electron chi connectivity index (χ2n) is 6.05. The minimum atomic E-state index is 0.274.